The van der Waals surface area contributed by atoms with Crippen molar-refractivity contribution in [1.82, 2.24) is 9.78 Å². The molecule has 0 aliphatic heterocycles. The molecule has 1 aromatic carbocycles. The summed E-state index contributed by atoms with van der Waals surface area (Å²) in [6, 6.07) is 8.64. The SMILES string of the molecule is CCn1cc(CC2CCCc3ccccc3C2Cl)cn1. The Kier molecular flexibility index (Phi) is 4.11. The van der Waals surface area contributed by atoms with Crippen LogP contribution in [0.2, 0.25) is 0 Å². The van der Waals surface area contributed by atoms with Gasteiger partial charge in [0.1, 0.15) is 0 Å². The minimum Gasteiger partial charge on any atom is -0.273 e. The zero-order valence-electron chi connectivity index (χ0n) is 11.9. The van der Waals surface area contributed by atoms with E-state index in [1.54, 1.807) is 0 Å². The molecular weight excluding hydrogens is 268 g/mol. The van der Waals surface area contributed by atoms with Gasteiger partial charge in [0.25, 0.3) is 0 Å². The van der Waals surface area contributed by atoms with Gasteiger partial charge in [0.15, 0.2) is 0 Å². The van der Waals surface area contributed by atoms with E-state index in [2.05, 4.69) is 42.5 Å². The van der Waals surface area contributed by atoms with Crippen molar-refractivity contribution in [3.05, 3.63) is 53.3 Å². The van der Waals surface area contributed by atoms with Crippen LogP contribution in [0.4, 0.5) is 0 Å². The maximum absolute atomic E-state index is 6.78. The number of halogens is 1. The highest BCUT2D eigenvalue weighted by Crippen LogP contribution is 2.39. The molecule has 20 heavy (non-hydrogen) atoms. The number of alkyl halides is 1. The standard InChI is InChI=1S/C17H21ClN2/c1-2-20-12-13(11-19-20)10-15-8-5-7-14-6-3-4-9-16(14)17(15)18/h3-4,6,9,11-12,15,17H,2,5,7-8,10H2,1H3. The second kappa shape index (κ2) is 6.01. The summed E-state index contributed by atoms with van der Waals surface area (Å²) in [5.41, 5.74) is 4.07. The Balaban J connectivity index is 1.80. The van der Waals surface area contributed by atoms with Crippen LogP contribution in [0.15, 0.2) is 36.7 Å². The van der Waals surface area contributed by atoms with Gasteiger partial charge in [-0.15, -0.1) is 11.6 Å². The number of benzene rings is 1. The highest BCUT2D eigenvalue weighted by Gasteiger charge is 2.26. The van der Waals surface area contributed by atoms with E-state index in [0.29, 0.717) is 5.92 Å². The van der Waals surface area contributed by atoms with Crippen LogP contribution in [-0.4, -0.2) is 9.78 Å². The zero-order chi connectivity index (χ0) is 13.9. The lowest BCUT2D eigenvalue weighted by Crippen LogP contribution is -2.10. The Labute approximate surface area is 125 Å². The minimum atomic E-state index is 0.124. The Morgan fingerprint density at radius 3 is 3.00 bits per heavy atom. The Hall–Kier alpha value is -1.28. The summed E-state index contributed by atoms with van der Waals surface area (Å²) in [7, 11) is 0. The van der Waals surface area contributed by atoms with Crippen molar-refractivity contribution in [2.45, 2.75) is 44.5 Å². The fraction of sp³-hybridized carbons (Fsp3) is 0.471. The zero-order valence-corrected chi connectivity index (χ0v) is 12.7. The van der Waals surface area contributed by atoms with Crippen LogP contribution in [-0.2, 0) is 19.4 Å². The summed E-state index contributed by atoms with van der Waals surface area (Å²) in [4.78, 5) is 0. The van der Waals surface area contributed by atoms with Crippen molar-refractivity contribution >= 4 is 11.6 Å². The maximum Gasteiger partial charge on any atom is 0.0619 e. The predicted molar refractivity (Wildman–Crippen MR) is 83.1 cm³/mol. The first-order valence-electron chi connectivity index (χ1n) is 7.51. The lowest BCUT2D eigenvalue weighted by molar-refractivity contribution is 0.465. The Morgan fingerprint density at radius 2 is 2.20 bits per heavy atom. The fourth-order valence-electron chi connectivity index (χ4n) is 3.18. The van der Waals surface area contributed by atoms with Crippen LogP contribution in [0.1, 0.15) is 41.8 Å². The Bertz CT molecular complexity index is 576. The summed E-state index contributed by atoms with van der Waals surface area (Å²) >= 11 is 6.78. The molecule has 1 aliphatic rings. The highest BCUT2D eigenvalue weighted by molar-refractivity contribution is 6.21. The average molecular weight is 289 g/mol. The number of hydrogen-bond donors (Lipinski definition) is 0. The molecule has 0 saturated heterocycles. The largest absolute Gasteiger partial charge is 0.273 e. The molecule has 0 N–H and O–H groups in total. The van der Waals surface area contributed by atoms with E-state index < -0.39 is 0 Å². The summed E-state index contributed by atoms with van der Waals surface area (Å²) < 4.78 is 1.99. The molecule has 0 amide bonds. The van der Waals surface area contributed by atoms with Gasteiger partial charge in [-0.3, -0.25) is 4.68 Å². The lowest BCUT2D eigenvalue weighted by atomic mass is 9.91. The molecule has 2 unspecified atom stereocenters. The fourth-order valence-corrected chi connectivity index (χ4v) is 3.61. The summed E-state index contributed by atoms with van der Waals surface area (Å²) in [5, 5.41) is 4.49. The molecule has 0 radical (unpaired) electrons. The van der Waals surface area contributed by atoms with Crippen molar-refractivity contribution in [2.24, 2.45) is 5.92 Å². The molecule has 0 fully saturated rings. The van der Waals surface area contributed by atoms with Gasteiger partial charge in [-0.1, -0.05) is 24.3 Å². The van der Waals surface area contributed by atoms with Gasteiger partial charge in [0.05, 0.1) is 11.6 Å². The Morgan fingerprint density at radius 1 is 1.35 bits per heavy atom. The molecule has 2 aromatic rings. The van der Waals surface area contributed by atoms with Gasteiger partial charge in [-0.05, 0) is 55.2 Å². The molecule has 2 atom stereocenters. The van der Waals surface area contributed by atoms with Gasteiger partial charge < -0.3 is 0 Å². The molecule has 0 saturated carbocycles. The van der Waals surface area contributed by atoms with Gasteiger partial charge in [0, 0.05) is 12.7 Å². The molecule has 1 heterocycles. The summed E-state index contributed by atoms with van der Waals surface area (Å²) in [6.07, 6.45) is 8.75. The van der Waals surface area contributed by atoms with E-state index in [0.717, 1.165) is 19.4 Å². The first-order chi connectivity index (χ1) is 9.78. The molecule has 0 bridgehead atoms. The van der Waals surface area contributed by atoms with Crippen molar-refractivity contribution < 1.29 is 0 Å². The monoisotopic (exact) mass is 288 g/mol. The van der Waals surface area contributed by atoms with E-state index >= 15 is 0 Å². The van der Waals surface area contributed by atoms with E-state index in [1.807, 2.05) is 10.9 Å². The quantitative estimate of drug-likeness (QED) is 0.605. The van der Waals surface area contributed by atoms with Gasteiger partial charge >= 0.3 is 0 Å². The van der Waals surface area contributed by atoms with Crippen molar-refractivity contribution in [1.29, 1.82) is 0 Å². The third-order valence-corrected chi connectivity index (χ3v) is 4.89. The molecule has 106 valence electrons. The normalized spacial score (nSPS) is 22.3. The van der Waals surface area contributed by atoms with Gasteiger partial charge in [-0.25, -0.2) is 0 Å². The van der Waals surface area contributed by atoms with E-state index in [1.165, 1.54) is 29.5 Å². The second-order valence-corrected chi connectivity index (χ2v) is 6.13. The van der Waals surface area contributed by atoms with E-state index in [4.69, 9.17) is 11.6 Å². The maximum atomic E-state index is 6.78. The summed E-state index contributed by atoms with van der Waals surface area (Å²) in [5.74, 6) is 0.509. The molecule has 1 aliphatic carbocycles. The van der Waals surface area contributed by atoms with Gasteiger partial charge in [0.2, 0.25) is 0 Å². The number of hydrogen-bond acceptors (Lipinski definition) is 1. The summed E-state index contributed by atoms with van der Waals surface area (Å²) in [6.45, 7) is 3.04. The lowest BCUT2D eigenvalue weighted by Gasteiger charge is -2.20. The van der Waals surface area contributed by atoms with Crippen molar-refractivity contribution in [3.8, 4) is 0 Å². The highest BCUT2D eigenvalue weighted by atomic mass is 35.5. The van der Waals surface area contributed by atoms with Gasteiger partial charge in [-0.2, -0.15) is 5.10 Å². The van der Waals surface area contributed by atoms with E-state index in [9.17, 15) is 0 Å². The van der Waals surface area contributed by atoms with E-state index in [-0.39, 0.29) is 5.38 Å². The number of aromatic nitrogens is 2. The average Bonchev–Trinajstić information content (AvgIpc) is 2.87. The molecule has 1 aromatic heterocycles. The topological polar surface area (TPSA) is 17.8 Å². The number of fused-ring (bicyclic) bond motifs is 1. The van der Waals surface area contributed by atoms with Crippen molar-refractivity contribution in [2.75, 3.05) is 0 Å². The number of nitrogens with zero attached hydrogens (tertiary/aromatic N) is 2. The molecule has 3 rings (SSSR count). The molecular formula is C17H21ClN2. The smallest absolute Gasteiger partial charge is 0.0619 e. The number of rotatable bonds is 3. The molecule has 2 nitrogen and oxygen atoms in total. The van der Waals surface area contributed by atoms with Crippen molar-refractivity contribution in [3.63, 3.8) is 0 Å². The predicted octanol–water partition coefficient (Wildman–Crippen LogP) is 4.38. The van der Waals surface area contributed by atoms with Crippen LogP contribution >= 0.6 is 11.6 Å². The first-order valence-corrected chi connectivity index (χ1v) is 7.94. The second-order valence-electron chi connectivity index (χ2n) is 5.66. The van der Waals surface area contributed by atoms with Crippen LogP contribution in [0.3, 0.4) is 0 Å². The third-order valence-electron chi connectivity index (χ3n) is 4.30. The van der Waals surface area contributed by atoms with Crippen LogP contribution in [0, 0.1) is 5.92 Å². The van der Waals surface area contributed by atoms with Crippen LogP contribution in [0.25, 0.3) is 0 Å². The molecule has 0 spiro atoms. The first kappa shape index (κ1) is 13.7. The number of aryl methyl sites for hydroxylation is 2. The molecule has 3 heteroatoms. The van der Waals surface area contributed by atoms with Crippen LogP contribution in [0.5, 0.6) is 0 Å². The van der Waals surface area contributed by atoms with Crippen LogP contribution < -0.4 is 0 Å². The minimum absolute atomic E-state index is 0.124. The third kappa shape index (κ3) is 2.76.